The van der Waals surface area contributed by atoms with Crippen molar-refractivity contribution in [2.75, 3.05) is 13.7 Å². The molecule has 4 rings (SSSR count). The SMILES string of the molecule is COC1S[C@H](COCc2ccccc2)[C@H](OCc2ccccc2)[C@@H]1OCc1ccccc1. The molecule has 5 heteroatoms. The van der Waals surface area contributed by atoms with Crippen LogP contribution in [0.3, 0.4) is 0 Å². The van der Waals surface area contributed by atoms with Crippen LogP contribution in [0, 0.1) is 0 Å². The molecule has 0 aromatic heterocycles. The summed E-state index contributed by atoms with van der Waals surface area (Å²) in [6.45, 7) is 2.21. The largest absolute Gasteiger partial charge is 0.376 e. The van der Waals surface area contributed by atoms with Crippen molar-refractivity contribution in [1.29, 1.82) is 0 Å². The highest BCUT2D eigenvalue weighted by Gasteiger charge is 2.46. The summed E-state index contributed by atoms with van der Waals surface area (Å²) in [6.07, 6.45) is -0.316. The zero-order valence-electron chi connectivity index (χ0n) is 18.3. The standard InChI is InChI=1S/C27H30O4S/c1-28-27-26(31-19-23-15-9-4-10-16-23)25(30-18-22-13-7-3-8-14-22)24(32-27)20-29-17-21-11-5-2-6-12-21/h2-16,24-27H,17-20H2,1H3/t24-,25+,26+,27?/m1/s1. The Hall–Kier alpha value is -2.15. The Morgan fingerprint density at radius 2 is 1.09 bits per heavy atom. The first kappa shape index (κ1) is 23.0. The lowest BCUT2D eigenvalue weighted by atomic mass is 10.1. The highest BCUT2D eigenvalue weighted by atomic mass is 32.2. The summed E-state index contributed by atoms with van der Waals surface area (Å²) in [4.78, 5) is 0. The third kappa shape index (κ3) is 6.44. The van der Waals surface area contributed by atoms with Gasteiger partial charge in [0.15, 0.2) is 0 Å². The minimum absolute atomic E-state index is 0.107. The van der Waals surface area contributed by atoms with Crippen molar-refractivity contribution in [3.63, 3.8) is 0 Å². The van der Waals surface area contributed by atoms with Crippen molar-refractivity contribution in [3.05, 3.63) is 108 Å². The van der Waals surface area contributed by atoms with Gasteiger partial charge in [-0.3, -0.25) is 0 Å². The molecule has 4 atom stereocenters. The van der Waals surface area contributed by atoms with Crippen molar-refractivity contribution in [2.24, 2.45) is 0 Å². The fourth-order valence-electron chi connectivity index (χ4n) is 3.79. The third-order valence-corrected chi connectivity index (χ3v) is 6.95. The van der Waals surface area contributed by atoms with E-state index in [1.165, 1.54) is 0 Å². The van der Waals surface area contributed by atoms with Gasteiger partial charge < -0.3 is 18.9 Å². The Bertz CT molecular complexity index is 907. The number of ether oxygens (including phenoxy) is 4. The summed E-state index contributed by atoms with van der Waals surface area (Å²) >= 11 is 1.74. The highest BCUT2D eigenvalue weighted by Crippen LogP contribution is 2.39. The molecule has 1 aliphatic rings. The fraction of sp³-hybridized carbons (Fsp3) is 0.333. The smallest absolute Gasteiger partial charge is 0.132 e. The van der Waals surface area contributed by atoms with E-state index in [-0.39, 0.29) is 22.9 Å². The molecule has 0 radical (unpaired) electrons. The van der Waals surface area contributed by atoms with E-state index in [0.29, 0.717) is 26.4 Å². The molecule has 1 unspecified atom stereocenters. The van der Waals surface area contributed by atoms with Gasteiger partial charge in [0.2, 0.25) is 0 Å². The van der Waals surface area contributed by atoms with E-state index < -0.39 is 0 Å². The Kier molecular flexibility index (Phi) is 8.77. The van der Waals surface area contributed by atoms with Crippen LogP contribution in [0.5, 0.6) is 0 Å². The predicted octanol–water partition coefficient (Wildman–Crippen LogP) is 5.46. The first-order valence-electron chi connectivity index (χ1n) is 10.9. The Balaban J connectivity index is 1.42. The van der Waals surface area contributed by atoms with Crippen LogP contribution >= 0.6 is 11.8 Å². The van der Waals surface area contributed by atoms with Crippen LogP contribution < -0.4 is 0 Å². The lowest BCUT2D eigenvalue weighted by molar-refractivity contribution is -0.113. The molecule has 4 nitrogen and oxygen atoms in total. The van der Waals surface area contributed by atoms with Gasteiger partial charge in [-0.1, -0.05) is 91.0 Å². The molecule has 1 heterocycles. The molecule has 0 bridgehead atoms. The van der Waals surface area contributed by atoms with Gasteiger partial charge >= 0.3 is 0 Å². The molecule has 3 aromatic carbocycles. The van der Waals surface area contributed by atoms with Gasteiger partial charge in [-0.2, -0.15) is 0 Å². The Morgan fingerprint density at radius 1 is 0.625 bits per heavy atom. The second kappa shape index (κ2) is 12.2. The van der Waals surface area contributed by atoms with Gasteiger partial charge in [0, 0.05) is 7.11 Å². The van der Waals surface area contributed by atoms with Gasteiger partial charge in [-0.05, 0) is 16.7 Å². The van der Waals surface area contributed by atoms with Crippen LogP contribution in [-0.2, 0) is 38.8 Å². The summed E-state index contributed by atoms with van der Waals surface area (Å²) in [6, 6.07) is 30.7. The molecule has 168 valence electrons. The van der Waals surface area contributed by atoms with Crippen LogP contribution in [0.15, 0.2) is 91.0 Å². The summed E-state index contributed by atoms with van der Waals surface area (Å²) in [7, 11) is 1.73. The van der Waals surface area contributed by atoms with Gasteiger partial charge in [-0.15, -0.1) is 11.8 Å². The molecule has 0 N–H and O–H groups in total. The first-order valence-corrected chi connectivity index (χ1v) is 11.9. The number of methoxy groups -OCH3 is 1. The van der Waals surface area contributed by atoms with Crippen molar-refractivity contribution < 1.29 is 18.9 Å². The minimum Gasteiger partial charge on any atom is -0.376 e. The van der Waals surface area contributed by atoms with E-state index in [1.807, 2.05) is 54.6 Å². The van der Waals surface area contributed by atoms with Crippen molar-refractivity contribution in [1.82, 2.24) is 0 Å². The number of rotatable bonds is 11. The molecule has 1 fully saturated rings. The molecule has 1 saturated heterocycles. The van der Waals surface area contributed by atoms with E-state index in [9.17, 15) is 0 Å². The quantitative estimate of drug-likeness (QED) is 0.388. The van der Waals surface area contributed by atoms with Crippen LogP contribution in [0.2, 0.25) is 0 Å². The van der Waals surface area contributed by atoms with E-state index >= 15 is 0 Å². The number of hydrogen-bond acceptors (Lipinski definition) is 5. The van der Waals surface area contributed by atoms with Gasteiger partial charge in [0.1, 0.15) is 17.6 Å². The van der Waals surface area contributed by atoms with Crippen LogP contribution in [-0.4, -0.2) is 36.6 Å². The van der Waals surface area contributed by atoms with Crippen LogP contribution in [0.4, 0.5) is 0 Å². The molecule has 0 aliphatic carbocycles. The second-order valence-electron chi connectivity index (χ2n) is 7.80. The summed E-state index contributed by atoms with van der Waals surface area (Å²) < 4.78 is 24.7. The molecular formula is C27H30O4S. The normalized spacial score (nSPS) is 22.8. The maximum absolute atomic E-state index is 6.43. The van der Waals surface area contributed by atoms with E-state index in [0.717, 1.165) is 16.7 Å². The van der Waals surface area contributed by atoms with Gasteiger partial charge in [-0.25, -0.2) is 0 Å². The van der Waals surface area contributed by atoms with E-state index in [4.69, 9.17) is 18.9 Å². The monoisotopic (exact) mass is 450 g/mol. The molecular weight excluding hydrogens is 420 g/mol. The van der Waals surface area contributed by atoms with Crippen molar-refractivity contribution in [3.8, 4) is 0 Å². The number of hydrogen-bond donors (Lipinski definition) is 0. The third-order valence-electron chi connectivity index (χ3n) is 5.46. The maximum atomic E-state index is 6.43. The number of benzene rings is 3. The number of thioether (sulfide) groups is 1. The molecule has 0 amide bonds. The zero-order valence-corrected chi connectivity index (χ0v) is 19.2. The lowest BCUT2D eigenvalue weighted by Gasteiger charge is -2.26. The van der Waals surface area contributed by atoms with E-state index in [2.05, 4.69) is 36.4 Å². The van der Waals surface area contributed by atoms with Crippen LogP contribution in [0.25, 0.3) is 0 Å². The Morgan fingerprint density at radius 3 is 1.59 bits per heavy atom. The summed E-state index contributed by atoms with van der Waals surface area (Å²) in [5.74, 6) is 0. The zero-order chi connectivity index (χ0) is 22.0. The average Bonchev–Trinajstić information content (AvgIpc) is 3.19. The predicted molar refractivity (Wildman–Crippen MR) is 128 cm³/mol. The average molecular weight is 451 g/mol. The fourth-order valence-corrected chi connectivity index (χ4v) is 5.20. The lowest BCUT2D eigenvalue weighted by Crippen LogP contribution is -2.39. The summed E-state index contributed by atoms with van der Waals surface area (Å²) in [5, 5.41) is 0.119. The molecule has 0 spiro atoms. The van der Waals surface area contributed by atoms with Crippen LogP contribution in [0.1, 0.15) is 16.7 Å². The molecule has 1 aliphatic heterocycles. The minimum atomic E-state index is -0.181. The highest BCUT2D eigenvalue weighted by molar-refractivity contribution is 8.00. The molecule has 32 heavy (non-hydrogen) atoms. The second-order valence-corrected chi connectivity index (χ2v) is 9.14. The topological polar surface area (TPSA) is 36.9 Å². The van der Waals surface area contributed by atoms with E-state index in [1.54, 1.807) is 18.9 Å². The van der Waals surface area contributed by atoms with Crippen molar-refractivity contribution in [2.45, 2.75) is 42.7 Å². The first-order chi connectivity index (χ1) is 15.8. The van der Waals surface area contributed by atoms with Gasteiger partial charge in [0.25, 0.3) is 0 Å². The molecule has 3 aromatic rings. The van der Waals surface area contributed by atoms with Crippen molar-refractivity contribution >= 4 is 11.8 Å². The maximum Gasteiger partial charge on any atom is 0.132 e. The summed E-state index contributed by atoms with van der Waals surface area (Å²) in [5.41, 5.74) is 3.34. The van der Waals surface area contributed by atoms with Gasteiger partial charge in [0.05, 0.1) is 31.7 Å². The molecule has 0 saturated carbocycles. The Labute approximate surface area is 194 Å².